The quantitative estimate of drug-likeness (QED) is 0.662. The van der Waals surface area contributed by atoms with E-state index >= 15 is 0 Å². The van der Waals surface area contributed by atoms with E-state index < -0.39 is 0 Å². The van der Waals surface area contributed by atoms with Crippen LogP contribution in [0.25, 0.3) is 0 Å². The third-order valence-electron chi connectivity index (χ3n) is 4.00. The molecule has 1 aromatic rings. The van der Waals surface area contributed by atoms with Gasteiger partial charge in [0.25, 0.3) is 0 Å². The molecule has 74 valence electrons. The zero-order chi connectivity index (χ0) is 10.4. The molecule has 1 atom stereocenters. The topological polar surface area (TPSA) is 17.1 Å². The minimum atomic E-state index is -0.200. The molecule has 1 fully saturated rings. The fourth-order valence-corrected chi connectivity index (χ4v) is 2.23. The van der Waals surface area contributed by atoms with Crippen molar-refractivity contribution in [2.24, 2.45) is 5.41 Å². The Kier molecular flexibility index (Phi) is 1.82. The van der Waals surface area contributed by atoms with Crippen molar-refractivity contribution in [1.29, 1.82) is 0 Å². The van der Waals surface area contributed by atoms with Crippen LogP contribution < -0.4 is 0 Å². The fourth-order valence-electron chi connectivity index (χ4n) is 2.23. The summed E-state index contributed by atoms with van der Waals surface area (Å²) in [6, 6.07) is 10.3. The Labute approximate surface area is 85.1 Å². The fraction of sp³-hybridized carbons (Fsp3) is 0.462. The predicted octanol–water partition coefficient (Wildman–Crippen LogP) is 2.94. The van der Waals surface area contributed by atoms with Crippen molar-refractivity contribution in [2.45, 2.75) is 32.6 Å². The van der Waals surface area contributed by atoms with E-state index in [1.807, 2.05) is 32.0 Å². The van der Waals surface area contributed by atoms with Gasteiger partial charge in [-0.2, -0.15) is 0 Å². The standard InChI is InChI=1S/C13H16O/c1-12(2)11(14)9-13(12,3)10-7-5-4-6-8-10/h4-8H,9H2,1-3H3. The second-order valence-corrected chi connectivity index (χ2v) is 4.92. The molecule has 0 aromatic heterocycles. The van der Waals surface area contributed by atoms with Crippen molar-refractivity contribution in [1.82, 2.24) is 0 Å². The number of rotatable bonds is 1. The zero-order valence-corrected chi connectivity index (χ0v) is 9.00. The van der Waals surface area contributed by atoms with Crippen molar-refractivity contribution in [2.75, 3.05) is 0 Å². The number of benzene rings is 1. The highest BCUT2D eigenvalue weighted by molar-refractivity contribution is 5.94. The van der Waals surface area contributed by atoms with Crippen LogP contribution in [0, 0.1) is 5.41 Å². The Morgan fingerprint density at radius 1 is 1.07 bits per heavy atom. The number of carbonyl (C=O) groups excluding carboxylic acids is 1. The van der Waals surface area contributed by atoms with Crippen LogP contribution in [0.5, 0.6) is 0 Å². The molecule has 1 heteroatoms. The van der Waals surface area contributed by atoms with Crippen LogP contribution in [0.1, 0.15) is 32.8 Å². The molecule has 1 aliphatic carbocycles. The molecular weight excluding hydrogens is 172 g/mol. The molecule has 0 N–H and O–H groups in total. The highest BCUT2D eigenvalue weighted by Gasteiger charge is 2.57. The van der Waals surface area contributed by atoms with E-state index in [1.54, 1.807) is 0 Å². The number of ketones is 1. The summed E-state index contributed by atoms with van der Waals surface area (Å²) in [5.74, 6) is 0.379. The summed E-state index contributed by atoms with van der Waals surface area (Å²) < 4.78 is 0. The molecule has 0 radical (unpaired) electrons. The maximum absolute atomic E-state index is 11.5. The van der Waals surface area contributed by atoms with Crippen LogP contribution in [0.2, 0.25) is 0 Å². The van der Waals surface area contributed by atoms with Gasteiger partial charge in [-0.3, -0.25) is 4.79 Å². The predicted molar refractivity (Wildman–Crippen MR) is 57.2 cm³/mol. The lowest BCUT2D eigenvalue weighted by atomic mass is 9.49. The number of hydrogen-bond acceptors (Lipinski definition) is 1. The van der Waals surface area contributed by atoms with Crippen molar-refractivity contribution in [3.63, 3.8) is 0 Å². The largest absolute Gasteiger partial charge is 0.299 e. The molecule has 0 heterocycles. The summed E-state index contributed by atoms with van der Waals surface area (Å²) in [4.78, 5) is 11.5. The summed E-state index contributed by atoms with van der Waals surface area (Å²) >= 11 is 0. The summed E-state index contributed by atoms with van der Waals surface area (Å²) in [6.45, 7) is 6.28. The summed E-state index contributed by atoms with van der Waals surface area (Å²) in [5.41, 5.74) is 1.12. The molecule has 0 bridgehead atoms. The molecule has 0 amide bonds. The van der Waals surface area contributed by atoms with Gasteiger partial charge in [-0.15, -0.1) is 0 Å². The molecule has 1 saturated carbocycles. The normalized spacial score (nSPS) is 29.8. The summed E-state index contributed by atoms with van der Waals surface area (Å²) in [7, 11) is 0. The Bertz CT molecular complexity index is 364. The average Bonchev–Trinajstić information content (AvgIpc) is 2.19. The van der Waals surface area contributed by atoms with Crippen molar-refractivity contribution >= 4 is 5.78 Å². The first-order valence-corrected chi connectivity index (χ1v) is 5.07. The van der Waals surface area contributed by atoms with E-state index in [-0.39, 0.29) is 10.8 Å². The van der Waals surface area contributed by atoms with Gasteiger partial charge in [0.2, 0.25) is 0 Å². The van der Waals surface area contributed by atoms with Gasteiger partial charge in [0, 0.05) is 17.3 Å². The Balaban J connectivity index is 2.42. The molecule has 0 aliphatic heterocycles. The van der Waals surface area contributed by atoms with Gasteiger partial charge >= 0.3 is 0 Å². The van der Waals surface area contributed by atoms with E-state index in [0.29, 0.717) is 12.2 Å². The van der Waals surface area contributed by atoms with Gasteiger partial charge in [0.1, 0.15) is 5.78 Å². The maximum Gasteiger partial charge on any atom is 0.140 e. The molecule has 1 unspecified atom stereocenters. The van der Waals surface area contributed by atoms with Gasteiger partial charge in [-0.1, -0.05) is 51.1 Å². The third kappa shape index (κ3) is 0.985. The first-order chi connectivity index (χ1) is 6.48. The third-order valence-corrected chi connectivity index (χ3v) is 4.00. The van der Waals surface area contributed by atoms with E-state index in [2.05, 4.69) is 19.1 Å². The SMILES string of the molecule is CC1(C)C(=O)CC1(C)c1ccccc1. The lowest BCUT2D eigenvalue weighted by Crippen LogP contribution is -2.56. The van der Waals surface area contributed by atoms with Crippen molar-refractivity contribution in [3.8, 4) is 0 Å². The van der Waals surface area contributed by atoms with Gasteiger partial charge in [0.05, 0.1) is 0 Å². The van der Waals surface area contributed by atoms with Crippen LogP contribution in [-0.2, 0) is 10.2 Å². The Hall–Kier alpha value is -1.11. The van der Waals surface area contributed by atoms with Crippen LogP contribution >= 0.6 is 0 Å². The minimum Gasteiger partial charge on any atom is -0.299 e. The average molecular weight is 188 g/mol. The van der Waals surface area contributed by atoms with Crippen LogP contribution in [0.3, 0.4) is 0 Å². The highest BCUT2D eigenvalue weighted by Crippen LogP contribution is 2.54. The lowest BCUT2D eigenvalue weighted by molar-refractivity contribution is -0.144. The van der Waals surface area contributed by atoms with E-state index in [4.69, 9.17) is 0 Å². The number of Topliss-reactive ketones (excluding diaryl/α,β-unsaturated/α-hetero) is 1. The highest BCUT2D eigenvalue weighted by atomic mass is 16.1. The van der Waals surface area contributed by atoms with Gasteiger partial charge in [0.15, 0.2) is 0 Å². The van der Waals surface area contributed by atoms with E-state index in [0.717, 1.165) is 0 Å². The monoisotopic (exact) mass is 188 g/mol. The molecule has 2 rings (SSSR count). The molecule has 1 aromatic carbocycles. The Morgan fingerprint density at radius 3 is 2.07 bits per heavy atom. The summed E-state index contributed by atoms with van der Waals surface area (Å²) in [6.07, 6.45) is 0.685. The first kappa shape index (κ1) is 9.45. The zero-order valence-electron chi connectivity index (χ0n) is 9.00. The molecule has 14 heavy (non-hydrogen) atoms. The van der Waals surface area contributed by atoms with Crippen molar-refractivity contribution in [3.05, 3.63) is 35.9 Å². The van der Waals surface area contributed by atoms with Gasteiger partial charge in [-0.05, 0) is 5.56 Å². The minimum absolute atomic E-state index is 0.0331. The first-order valence-electron chi connectivity index (χ1n) is 5.07. The summed E-state index contributed by atoms with van der Waals surface area (Å²) in [5, 5.41) is 0. The van der Waals surface area contributed by atoms with Crippen LogP contribution in [0.15, 0.2) is 30.3 Å². The Morgan fingerprint density at radius 2 is 1.64 bits per heavy atom. The molecular formula is C13H16O. The molecule has 1 aliphatic rings. The van der Waals surface area contributed by atoms with E-state index in [1.165, 1.54) is 5.56 Å². The molecule has 1 nitrogen and oxygen atoms in total. The lowest BCUT2D eigenvalue weighted by Gasteiger charge is -2.52. The number of hydrogen-bond donors (Lipinski definition) is 0. The van der Waals surface area contributed by atoms with Gasteiger partial charge in [-0.25, -0.2) is 0 Å². The number of carbonyl (C=O) groups is 1. The molecule has 0 spiro atoms. The maximum atomic E-state index is 11.5. The van der Waals surface area contributed by atoms with Gasteiger partial charge < -0.3 is 0 Å². The second kappa shape index (κ2) is 2.69. The van der Waals surface area contributed by atoms with Crippen molar-refractivity contribution < 1.29 is 4.79 Å². The molecule has 0 saturated heterocycles. The second-order valence-electron chi connectivity index (χ2n) is 4.92. The van der Waals surface area contributed by atoms with Crippen LogP contribution in [0.4, 0.5) is 0 Å². The smallest absolute Gasteiger partial charge is 0.140 e. The van der Waals surface area contributed by atoms with Crippen LogP contribution in [-0.4, -0.2) is 5.78 Å². The van der Waals surface area contributed by atoms with E-state index in [9.17, 15) is 4.79 Å².